The van der Waals surface area contributed by atoms with Crippen molar-refractivity contribution in [2.45, 2.75) is 27.7 Å². The first-order valence-electron chi connectivity index (χ1n) is 6.48. The van der Waals surface area contributed by atoms with Crippen LogP contribution < -0.4 is 10.3 Å². The third-order valence-electron chi connectivity index (χ3n) is 2.88. The molecule has 0 radical (unpaired) electrons. The summed E-state index contributed by atoms with van der Waals surface area (Å²) < 4.78 is 11.1. The Morgan fingerprint density at radius 3 is 2.50 bits per heavy atom. The number of nitrogens with zero attached hydrogens (tertiary/aromatic N) is 2. The fourth-order valence-electron chi connectivity index (χ4n) is 1.64. The number of carbonyl (C=O) groups excluding carboxylic acids is 2. The first kappa shape index (κ1) is 16.2. The molecule has 0 saturated carbocycles. The number of aromatic nitrogens is 2. The molecule has 8 heteroatoms. The van der Waals surface area contributed by atoms with Crippen LogP contribution in [-0.4, -0.2) is 28.4 Å². The van der Waals surface area contributed by atoms with Crippen LogP contribution in [0.25, 0.3) is 4.96 Å². The molecule has 0 fully saturated rings. The first-order chi connectivity index (χ1) is 10.2. The smallest absolute Gasteiger partial charge is 0.360 e. The van der Waals surface area contributed by atoms with Gasteiger partial charge >= 0.3 is 17.5 Å². The van der Waals surface area contributed by atoms with Crippen molar-refractivity contribution in [3.8, 4) is 5.75 Å². The van der Waals surface area contributed by atoms with Gasteiger partial charge in [-0.25, -0.2) is 9.78 Å². The molecule has 0 atom stereocenters. The average molecular weight is 324 g/mol. The van der Waals surface area contributed by atoms with Gasteiger partial charge in [0, 0.05) is 11.1 Å². The summed E-state index contributed by atoms with van der Waals surface area (Å²) in [6, 6.07) is 0. The van der Waals surface area contributed by atoms with Gasteiger partial charge in [-0.1, -0.05) is 0 Å². The van der Waals surface area contributed by atoms with Gasteiger partial charge < -0.3 is 9.47 Å². The van der Waals surface area contributed by atoms with Gasteiger partial charge in [-0.15, -0.1) is 11.3 Å². The van der Waals surface area contributed by atoms with E-state index in [1.165, 1.54) is 22.8 Å². The molecule has 118 valence electrons. The van der Waals surface area contributed by atoms with Gasteiger partial charge in [0.1, 0.15) is 0 Å². The Balaban J connectivity index is 2.71. The lowest BCUT2D eigenvalue weighted by Gasteiger charge is -2.16. The molecule has 7 nitrogen and oxygen atoms in total. The monoisotopic (exact) mass is 324 g/mol. The zero-order chi connectivity index (χ0) is 16.7. The largest absolute Gasteiger partial charge is 0.464 e. The summed E-state index contributed by atoms with van der Waals surface area (Å²) in [6.07, 6.45) is 0. The van der Waals surface area contributed by atoms with Crippen molar-refractivity contribution in [3.05, 3.63) is 27.1 Å². The standard InChI is InChI=1S/C14H16N2O5S/c1-7-6-22-13-15-8(11(18)20-5)9(10(17)16(7)13)21-12(19)14(2,3)4/h6H,1-5H3. The van der Waals surface area contributed by atoms with E-state index in [-0.39, 0.29) is 5.69 Å². The molecular weight excluding hydrogens is 308 g/mol. The Morgan fingerprint density at radius 1 is 1.32 bits per heavy atom. The van der Waals surface area contributed by atoms with Crippen LogP contribution in [0.4, 0.5) is 0 Å². The normalized spacial score (nSPS) is 11.5. The molecule has 0 unspecified atom stereocenters. The number of fused-ring (bicyclic) bond motifs is 1. The van der Waals surface area contributed by atoms with Gasteiger partial charge in [0.25, 0.3) is 0 Å². The van der Waals surface area contributed by atoms with Crippen LogP contribution in [0.3, 0.4) is 0 Å². The second-order valence-electron chi connectivity index (χ2n) is 5.72. The predicted molar refractivity (Wildman–Crippen MR) is 80.5 cm³/mol. The first-order valence-corrected chi connectivity index (χ1v) is 7.36. The summed E-state index contributed by atoms with van der Waals surface area (Å²) in [5.41, 5.74) is -1.10. The topological polar surface area (TPSA) is 87.0 Å². The molecule has 0 saturated heterocycles. The lowest BCUT2D eigenvalue weighted by molar-refractivity contribution is -0.143. The lowest BCUT2D eigenvalue weighted by Crippen LogP contribution is -2.31. The summed E-state index contributed by atoms with van der Waals surface area (Å²) in [5.74, 6) is -1.88. The van der Waals surface area contributed by atoms with E-state index in [4.69, 9.17) is 4.74 Å². The van der Waals surface area contributed by atoms with Crippen LogP contribution >= 0.6 is 11.3 Å². The Hall–Kier alpha value is -2.22. The average Bonchev–Trinajstić information content (AvgIpc) is 2.81. The highest BCUT2D eigenvalue weighted by molar-refractivity contribution is 7.15. The van der Waals surface area contributed by atoms with Crippen molar-refractivity contribution in [1.29, 1.82) is 0 Å². The van der Waals surface area contributed by atoms with Crippen molar-refractivity contribution in [3.63, 3.8) is 0 Å². The number of esters is 2. The van der Waals surface area contributed by atoms with Gasteiger partial charge in [-0.2, -0.15) is 0 Å². The molecule has 0 aliphatic rings. The van der Waals surface area contributed by atoms with E-state index in [0.717, 1.165) is 0 Å². The van der Waals surface area contributed by atoms with Crippen LogP contribution in [0.5, 0.6) is 5.75 Å². The maximum Gasteiger partial charge on any atom is 0.360 e. The molecular formula is C14H16N2O5S. The number of ether oxygens (including phenoxy) is 2. The number of hydrogen-bond acceptors (Lipinski definition) is 7. The minimum absolute atomic E-state index is 0.299. The third kappa shape index (κ3) is 2.74. The van der Waals surface area contributed by atoms with E-state index < -0.39 is 28.7 Å². The molecule has 2 aromatic rings. The maximum absolute atomic E-state index is 12.6. The van der Waals surface area contributed by atoms with Crippen molar-refractivity contribution < 1.29 is 19.1 Å². The van der Waals surface area contributed by atoms with Gasteiger partial charge in [0.05, 0.1) is 12.5 Å². The molecule has 0 aliphatic heterocycles. The molecule has 2 heterocycles. The van der Waals surface area contributed by atoms with E-state index in [2.05, 4.69) is 9.72 Å². The summed E-state index contributed by atoms with van der Waals surface area (Å²) in [6.45, 7) is 6.66. The van der Waals surface area contributed by atoms with Crippen molar-refractivity contribution in [1.82, 2.24) is 9.38 Å². The van der Waals surface area contributed by atoms with Crippen molar-refractivity contribution >= 4 is 28.2 Å². The van der Waals surface area contributed by atoms with E-state index in [0.29, 0.717) is 10.7 Å². The van der Waals surface area contributed by atoms with E-state index in [9.17, 15) is 14.4 Å². The number of aryl methyl sites for hydroxylation is 1. The summed E-state index contributed by atoms with van der Waals surface area (Å²) >= 11 is 1.21. The lowest BCUT2D eigenvalue weighted by atomic mass is 9.97. The molecule has 22 heavy (non-hydrogen) atoms. The summed E-state index contributed by atoms with van der Waals surface area (Å²) in [4.78, 5) is 40.9. The van der Waals surface area contributed by atoms with Gasteiger partial charge in [-0.3, -0.25) is 14.0 Å². The van der Waals surface area contributed by atoms with Gasteiger partial charge in [-0.05, 0) is 27.7 Å². The fraction of sp³-hybridized carbons (Fsp3) is 0.429. The Morgan fingerprint density at radius 2 is 1.95 bits per heavy atom. The number of carbonyl (C=O) groups is 2. The van der Waals surface area contributed by atoms with E-state index in [1.54, 1.807) is 33.1 Å². The van der Waals surface area contributed by atoms with Crippen LogP contribution in [0.15, 0.2) is 10.2 Å². The number of methoxy groups -OCH3 is 1. The molecule has 0 aliphatic carbocycles. The highest BCUT2D eigenvalue weighted by atomic mass is 32.1. The number of hydrogen-bond donors (Lipinski definition) is 0. The third-order valence-corrected chi connectivity index (χ3v) is 3.83. The highest BCUT2D eigenvalue weighted by Crippen LogP contribution is 2.22. The van der Waals surface area contributed by atoms with Crippen molar-refractivity contribution in [2.75, 3.05) is 7.11 Å². The van der Waals surface area contributed by atoms with Crippen LogP contribution in [0.1, 0.15) is 37.0 Å². The minimum atomic E-state index is -0.831. The molecule has 0 N–H and O–H groups in total. The molecule has 2 rings (SSSR count). The number of rotatable bonds is 2. The van der Waals surface area contributed by atoms with Crippen LogP contribution in [-0.2, 0) is 9.53 Å². The predicted octanol–water partition coefficient (Wildman–Crippen LogP) is 1.80. The molecule has 0 bridgehead atoms. The number of thiazole rings is 1. The molecule has 0 aromatic carbocycles. The van der Waals surface area contributed by atoms with E-state index >= 15 is 0 Å². The Kier molecular flexibility index (Phi) is 4.06. The Labute approximate surface area is 130 Å². The van der Waals surface area contributed by atoms with E-state index in [1.807, 2.05) is 0 Å². The molecule has 0 spiro atoms. The molecule has 2 aromatic heterocycles. The second kappa shape index (κ2) is 5.53. The summed E-state index contributed by atoms with van der Waals surface area (Å²) in [7, 11) is 1.17. The van der Waals surface area contributed by atoms with Gasteiger partial charge in [0.2, 0.25) is 5.75 Å². The fourth-order valence-corrected chi connectivity index (χ4v) is 2.50. The minimum Gasteiger partial charge on any atom is -0.464 e. The van der Waals surface area contributed by atoms with Crippen LogP contribution in [0.2, 0.25) is 0 Å². The van der Waals surface area contributed by atoms with Crippen molar-refractivity contribution in [2.24, 2.45) is 5.41 Å². The zero-order valence-electron chi connectivity index (χ0n) is 12.9. The zero-order valence-corrected chi connectivity index (χ0v) is 13.7. The van der Waals surface area contributed by atoms with Crippen LogP contribution in [0, 0.1) is 12.3 Å². The van der Waals surface area contributed by atoms with Gasteiger partial charge in [0.15, 0.2) is 10.7 Å². The summed E-state index contributed by atoms with van der Waals surface area (Å²) in [5, 5.41) is 1.72. The SMILES string of the molecule is COC(=O)c1nc2scc(C)n2c(=O)c1OC(=O)C(C)(C)C. The Bertz CT molecular complexity index is 813. The maximum atomic E-state index is 12.6. The highest BCUT2D eigenvalue weighted by Gasteiger charge is 2.29. The quantitative estimate of drug-likeness (QED) is 0.783. The molecule has 0 amide bonds. The second-order valence-corrected chi connectivity index (χ2v) is 6.56.